The summed E-state index contributed by atoms with van der Waals surface area (Å²) < 4.78 is 11.2. The lowest BCUT2D eigenvalue weighted by Crippen LogP contribution is -2.44. The first-order valence-corrected chi connectivity index (χ1v) is 10.4. The number of hydrogen-bond acceptors (Lipinski definition) is 6. The Morgan fingerprint density at radius 3 is 2.35 bits per heavy atom. The van der Waals surface area contributed by atoms with Crippen LogP contribution in [0, 0.1) is 10.1 Å². The fourth-order valence-electron chi connectivity index (χ4n) is 3.72. The summed E-state index contributed by atoms with van der Waals surface area (Å²) in [5, 5.41) is 14.0. The molecule has 0 bridgehead atoms. The molecule has 1 saturated heterocycles. The van der Waals surface area contributed by atoms with Gasteiger partial charge < -0.3 is 19.7 Å². The van der Waals surface area contributed by atoms with Crippen LogP contribution in [0.4, 0.5) is 11.4 Å². The largest absolute Gasteiger partial charge is 0.494 e. The van der Waals surface area contributed by atoms with Crippen molar-refractivity contribution in [2.75, 3.05) is 45.8 Å². The number of ether oxygens (including phenoxy) is 2. The van der Waals surface area contributed by atoms with E-state index in [1.807, 2.05) is 38.4 Å². The predicted molar refractivity (Wildman–Crippen MR) is 119 cm³/mol. The summed E-state index contributed by atoms with van der Waals surface area (Å²) in [6, 6.07) is 13.6. The van der Waals surface area contributed by atoms with Gasteiger partial charge in [-0.15, -0.1) is 0 Å². The number of carbonyl (C=O) groups is 1. The number of nitro benzene ring substituents is 1. The monoisotopic (exact) mass is 427 g/mol. The average molecular weight is 428 g/mol. The van der Waals surface area contributed by atoms with Crippen molar-refractivity contribution in [3.8, 4) is 5.75 Å². The van der Waals surface area contributed by atoms with Crippen molar-refractivity contribution in [2.45, 2.75) is 24.7 Å². The van der Waals surface area contributed by atoms with Gasteiger partial charge in [-0.1, -0.05) is 12.1 Å². The van der Waals surface area contributed by atoms with E-state index in [0.717, 1.165) is 24.3 Å². The van der Waals surface area contributed by atoms with E-state index in [4.69, 9.17) is 9.47 Å². The molecule has 8 heteroatoms. The summed E-state index contributed by atoms with van der Waals surface area (Å²) in [7, 11) is 4.05. The van der Waals surface area contributed by atoms with Crippen molar-refractivity contribution in [1.29, 1.82) is 0 Å². The summed E-state index contributed by atoms with van der Waals surface area (Å²) in [5.41, 5.74) is 0.667. The Hall–Kier alpha value is -2.97. The van der Waals surface area contributed by atoms with Crippen LogP contribution in [-0.4, -0.2) is 56.2 Å². The number of amides is 1. The molecular weight excluding hydrogens is 398 g/mol. The minimum atomic E-state index is -0.783. The molecule has 166 valence electrons. The zero-order chi connectivity index (χ0) is 22.3. The minimum absolute atomic E-state index is 0.00698. The summed E-state index contributed by atoms with van der Waals surface area (Å²) in [6.45, 7) is 2.52. The molecular formula is C23H29N3O5. The molecule has 0 radical (unpaired) electrons. The van der Waals surface area contributed by atoms with Crippen LogP contribution in [0.1, 0.15) is 24.8 Å². The summed E-state index contributed by atoms with van der Waals surface area (Å²) >= 11 is 0. The van der Waals surface area contributed by atoms with Crippen molar-refractivity contribution in [1.82, 2.24) is 4.90 Å². The second kappa shape index (κ2) is 10.4. The van der Waals surface area contributed by atoms with E-state index in [1.54, 1.807) is 12.1 Å². The Kier molecular flexibility index (Phi) is 7.59. The summed E-state index contributed by atoms with van der Waals surface area (Å²) in [4.78, 5) is 26.0. The van der Waals surface area contributed by atoms with Crippen LogP contribution in [0.3, 0.4) is 0 Å². The van der Waals surface area contributed by atoms with Crippen molar-refractivity contribution < 1.29 is 19.2 Å². The molecule has 0 unspecified atom stereocenters. The van der Waals surface area contributed by atoms with E-state index in [9.17, 15) is 14.9 Å². The molecule has 8 nitrogen and oxygen atoms in total. The molecule has 0 atom stereocenters. The number of nitro groups is 1. The number of rotatable bonds is 9. The normalized spacial score (nSPS) is 15.5. The highest BCUT2D eigenvalue weighted by molar-refractivity contribution is 5.99. The standard InChI is InChI=1S/C23H29N3O5/c1-25(2)14-3-15-31-21-10-6-19(7-11-21)24-22(27)23(12-16-30-17-13-23)18-4-8-20(9-5-18)26(28)29/h4-11H,3,12-17H2,1-2H3,(H,24,27). The molecule has 1 aliphatic heterocycles. The number of carbonyl (C=O) groups excluding carboxylic acids is 1. The van der Waals surface area contributed by atoms with Gasteiger partial charge in [-0.05, 0) is 63.2 Å². The number of anilines is 1. The number of nitrogens with zero attached hydrogens (tertiary/aromatic N) is 2. The number of nitrogens with one attached hydrogen (secondary N) is 1. The molecule has 2 aromatic rings. The van der Waals surface area contributed by atoms with Gasteiger partial charge in [0.15, 0.2) is 0 Å². The van der Waals surface area contributed by atoms with E-state index < -0.39 is 10.3 Å². The Morgan fingerprint density at radius 1 is 1.13 bits per heavy atom. The molecule has 1 heterocycles. The van der Waals surface area contributed by atoms with Crippen LogP contribution in [0.2, 0.25) is 0 Å². The first-order valence-electron chi connectivity index (χ1n) is 10.4. The Morgan fingerprint density at radius 2 is 1.77 bits per heavy atom. The Balaban J connectivity index is 1.69. The van der Waals surface area contributed by atoms with Gasteiger partial charge in [0.2, 0.25) is 5.91 Å². The van der Waals surface area contributed by atoms with E-state index in [0.29, 0.717) is 38.3 Å². The molecule has 3 rings (SSSR count). The maximum Gasteiger partial charge on any atom is 0.269 e. The van der Waals surface area contributed by atoms with Gasteiger partial charge in [0.05, 0.1) is 16.9 Å². The van der Waals surface area contributed by atoms with Crippen molar-refractivity contribution in [3.63, 3.8) is 0 Å². The zero-order valence-corrected chi connectivity index (χ0v) is 18.0. The molecule has 0 saturated carbocycles. The van der Waals surface area contributed by atoms with Gasteiger partial charge in [0, 0.05) is 37.6 Å². The molecule has 0 aliphatic carbocycles. The Bertz CT molecular complexity index is 875. The first-order chi connectivity index (χ1) is 14.9. The third-order valence-corrected chi connectivity index (χ3v) is 5.54. The molecule has 2 aromatic carbocycles. The predicted octanol–water partition coefficient (Wildman–Crippen LogP) is 3.61. The molecule has 0 spiro atoms. The van der Waals surface area contributed by atoms with Gasteiger partial charge in [-0.25, -0.2) is 0 Å². The van der Waals surface area contributed by atoms with Crippen LogP contribution < -0.4 is 10.1 Å². The third kappa shape index (κ3) is 5.80. The number of hydrogen-bond donors (Lipinski definition) is 1. The van der Waals surface area contributed by atoms with Crippen LogP contribution in [-0.2, 0) is 14.9 Å². The lowest BCUT2D eigenvalue weighted by atomic mass is 9.73. The number of non-ortho nitro benzene ring substituents is 1. The van der Waals surface area contributed by atoms with Gasteiger partial charge in [-0.3, -0.25) is 14.9 Å². The van der Waals surface area contributed by atoms with Crippen molar-refractivity contribution in [2.24, 2.45) is 0 Å². The van der Waals surface area contributed by atoms with Crippen LogP contribution >= 0.6 is 0 Å². The lowest BCUT2D eigenvalue weighted by Gasteiger charge is -2.36. The molecule has 1 aliphatic rings. The SMILES string of the molecule is CN(C)CCCOc1ccc(NC(=O)C2(c3ccc([N+](=O)[O-])cc3)CCOCC2)cc1. The quantitative estimate of drug-likeness (QED) is 0.373. The van der Waals surface area contributed by atoms with Gasteiger partial charge in [-0.2, -0.15) is 0 Å². The van der Waals surface area contributed by atoms with Crippen LogP contribution in [0.25, 0.3) is 0 Å². The minimum Gasteiger partial charge on any atom is -0.494 e. The molecule has 1 fully saturated rings. The van der Waals surface area contributed by atoms with Crippen molar-refractivity contribution in [3.05, 3.63) is 64.2 Å². The van der Waals surface area contributed by atoms with Crippen LogP contribution in [0.5, 0.6) is 5.75 Å². The highest BCUT2D eigenvalue weighted by atomic mass is 16.6. The Labute approximate surface area is 182 Å². The first kappa shape index (κ1) is 22.7. The molecule has 0 aromatic heterocycles. The summed E-state index contributed by atoms with van der Waals surface area (Å²) in [6.07, 6.45) is 1.97. The fourth-order valence-corrected chi connectivity index (χ4v) is 3.72. The smallest absolute Gasteiger partial charge is 0.269 e. The van der Waals surface area contributed by atoms with Crippen LogP contribution in [0.15, 0.2) is 48.5 Å². The molecule has 31 heavy (non-hydrogen) atoms. The second-order valence-electron chi connectivity index (χ2n) is 7.98. The fraction of sp³-hybridized carbons (Fsp3) is 0.435. The van der Waals surface area contributed by atoms with E-state index >= 15 is 0 Å². The van der Waals surface area contributed by atoms with Crippen molar-refractivity contribution >= 4 is 17.3 Å². The lowest BCUT2D eigenvalue weighted by molar-refractivity contribution is -0.384. The van der Waals surface area contributed by atoms with Gasteiger partial charge in [0.1, 0.15) is 5.75 Å². The van der Waals surface area contributed by atoms with E-state index in [-0.39, 0.29) is 11.6 Å². The average Bonchev–Trinajstić information content (AvgIpc) is 2.78. The highest BCUT2D eigenvalue weighted by Gasteiger charge is 2.42. The molecule has 1 amide bonds. The topological polar surface area (TPSA) is 93.9 Å². The van der Waals surface area contributed by atoms with E-state index in [2.05, 4.69) is 10.2 Å². The highest BCUT2D eigenvalue weighted by Crippen LogP contribution is 2.37. The number of benzene rings is 2. The second-order valence-corrected chi connectivity index (χ2v) is 7.98. The summed E-state index contributed by atoms with van der Waals surface area (Å²) in [5.74, 6) is 0.622. The van der Waals surface area contributed by atoms with Gasteiger partial charge in [0.25, 0.3) is 5.69 Å². The molecule has 1 N–H and O–H groups in total. The maximum atomic E-state index is 13.3. The maximum absolute atomic E-state index is 13.3. The third-order valence-electron chi connectivity index (χ3n) is 5.54. The zero-order valence-electron chi connectivity index (χ0n) is 18.0. The van der Waals surface area contributed by atoms with Gasteiger partial charge >= 0.3 is 0 Å². The van der Waals surface area contributed by atoms with E-state index in [1.165, 1.54) is 12.1 Å².